The van der Waals surface area contributed by atoms with E-state index in [0.29, 0.717) is 53.0 Å². The average Bonchev–Trinajstić information content (AvgIpc) is 3.23. The number of nitrogens with one attached hydrogen (secondary N) is 1. The standard InChI is InChI=1S/C20H18N6O3/c1-28-16-7-6-13(9-17(16)29-2)10-22-20-23-11-14(12-27)19-24-18(25-26(19)20)15-5-3-4-8-21-15/h3-9,11-12H,10H2,1-2H3,(H,22,23). The molecule has 3 heterocycles. The van der Waals surface area contributed by atoms with Crippen molar-refractivity contribution in [2.24, 2.45) is 0 Å². The Morgan fingerprint density at radius 1 is 1.10 bits per heavy atom. The van der Waals surface area contributed by atoms with Gasteiger partial charge in [-0.15, -0.1) is 5.10 Å². The van der Waals surface area contributed by atoms with Crippen LogP contribution < -0.4 is 14.8 Å². The van der Waals surface area contributed by atoms with Gasteiger partial charge in [0.25, 0.3) is 0 Å². The van der Waals surface area contributed by atoms with Gasteiger partial charge in [0.2, 0.25) is 11.8 Å². The van der Waals surface area contributed by atoms with Crippen molar-refractivity contribution >= 4 is 17.9 Å². The quantitative estimate of drug-likeness (QED) is 0.480. The highest BCUT2D eigenvalue weighted by molar-refractivity contribution is 5.84. The predicted octanol–water partition coefficient (Wildman–Crippen LogP) is 2.63. The molecule has 0 bridgehead atoms. The lowest BCUT2D eigenvalue weighted by atomic mass is 10.2. The highest BCUT2D eigenvalue weighted by atomic mass is 16.5. The summed E-state index contributed by atoms with van der Waals surface area (Å²) in [6.07, 6.45) is 3.84. The van der Waals surface area contributed by atoms with Crippen molar-refractivity contribution in [2.45, 2.75) is 6.54 Å². The van der Waals surface area contributed by atoms with Gasteiger partial charge in [-0.2, -0.15) is 4.52 Å². The second-order valence-electron chi connectivity index (χ2n) is 6.08. The van der Waals surface area contributed by atoms with Crippen molar-refractivity contribution < 1.29 is 14.3 Å². The van der Waals surface area contributed by atoms with Gasteiger partial charge in [-0.3, -0.25) is 9.78 Å². The Bertz CT molecular complexity index is 1160. The first-order chi connectivity index (χ1) is 14.2. The number of nitrogens with zero attached hydrogens (tertiary/aromatic N) is 5. The molecule has 1 aromatic carbocycles. The van der Waals surface area contributed by atoms with E-state index in [1.807, 2.05) is 30.3 Å². The van der Waals surface area contributed by atoms with Crippen LogP contribution in [0, 0.1) is 0 Å². The van der Waals surface area contributed by atoms with Gasteiger partial charge in [0.1, 0.15) is 5.69 Å². The maximum absolute atomic E-state index is 11.4. The number of aldehydes is 1. The van der Waals surface area contributed by atoms with Crippen LogP contribution in [0.15, 0.2) is 48.8 Å². The van der Waals surface area contributed by atoms with Gasteiger partial charge < -0.3 is 14.8 Å². The van der Waals surface area contributed by atoms with Crippen LogP contribution in [-0.2, 0) is 6.54 Å². The Balaban J connectivity index is 1.67. The molecule has 0 aliphatic carbocycles. The van der Waals surface area contributed by atoms with Crippen LogP contribution in [0.5, 0.6) is 11.5 Å². The van der Waals surface area contributed by atoms with Crippen molar-refractivity contribution in [2.75, 3.05) is 19.5 Å². The minimum Gasteiger partial charge on any atom is -0.493 e. The molecule has 1 N–H and O–H groups in total. The number of hydrogen-bond acceptors (Lipinski definition) is 8. The number of hydrogen-bond donors (Lipinski definition) is 1. The maximum atomic E-state index is 11.4. The van der Waals surface area contributed by atoms with E-state index >= 15 is 0 Å². The van der Waals surface area contributed by atoms with Gasteiger partial charge in [-0.05, 0) is 29.8 Å². The zero-order valence-corrected chi connectivity index (χ0v) is 15.9. The molecule has 3 aromatic heterocycles. The molecule has 4 rings (SSSR count). The molecule has 9 heteroatoms. The van der Waals surface area contributed by atoms with E-state index in [2.05, 4.69) is 25.4 Å². The Morgan fingerprint density at radius 2 is 1.97 bits per heavy atom. The first-order valence-electron chi connectivity index (χ1n) is 8.80. The van der Waals surface area contributed by atoms with Crippen LogP contribution >= 0.6 is 0 Å². The van der Waals surface area contributed by atoms with Crippen LogP contribution in [0.4, 0.5) is 5.95 Å². The van der Waals surface area contributed by atoms with Crippen LogP contribution in [0.1, 0.15) is 15.9 Å². The van der Waals surface area contributed by atoms with Crippen LogP contribution in [0.3, 0.4) is 0 Å². The van der Waals surface area contributed by atoms with Gasteiger partial charge >= 0.3 is 0 Å². The Kier molecular flexibility index (Phi) is 5.02. The second kappa shape index (κ2) is 7.93. The highest BCUT2D eigenvalue weighted by Crippen LogP contribution is 2.28. The van der Waals surface area contributed by atoms with E-state index in [-0.39, 0.29) is 0 Å². The van der Waals surface area contributed by atoms with Gasteiger partial charge in [0, 0.05) is 18.9 Å². The largest absolute Gasteiger partial charge is 0.493 e. The molecule has 29 heavy (non-hydrogen) atoms. The monoisotopic (exact) mass is 390 g/mol. The van der Waals surface area contributed by atoms with Crippen molar-refractivity contribution in [1.29, 1.82) is 0 Å². The van der Waals surface area contributed by atoms with E-state index in [1.54, 1.807) is 26.5 Å². The molecular weight excluding hydrogens is 372 g/mol. The molecule has 146 valence electrons. The van der Waals surface area contributed by atoms with Crippen LogP contribution in [0.2, 0.25) is 0 Å². The summed E-state index contributed by atoms with van der Waals surface area (Å²) in [5, 5.41) is 7.70. The molecule has 0 spiro atoms. The smallest absolute Gasteiger partial charge is 0.226 e. The number of fused-ring (bicyclic) bond motifs is 1. The zero-order valence-electron chi connectivity index (χ0n) is 15.9. The summed E-state index contributed by atoms with van der Waals surface area (Å²) in [5.41, 5.74) is 2.32. The van der Waals surface area contributed by atoms with E-state index in [1.165, 1.54) is 10.7 Å². The lowest BCUT2D eigenvalue weighted by Crippen LogP contribution is -2.09. The van der Waals surface area contributed by atoms with Gasteiger partial charge in [-0.25, -0.2) is 9.97 Å². The molecule has 9 nitrogen and oxygen atoms in total. The number of ether oxygens (including phenoxy) is 2. The number of aromatic nitrogens is 5. The maximum Gasteiger partial charge on any atom is 0.226 e. The van der Waals surface area contributed by atoms with Crippen molar-refractivity contribution in [3.63, 3.8) is 0 Å². The fourth-order valence-corrected chi connectivity index (χ4v) is 2.87. The summed E-state index contributed by atoms with van der Waals surface area (Å²) in [6, 6.07) is 11.1. The lowest BCUT2D eigenvalue weighted by molar-refractivity contribution is 0.112. The van der Waals surface area contributed by atoms with Crippen LogP contribution in [0.25, 0.3) is 17.2 Å². The van der Waals surface area contributed by atoms with E-state index in [9.17, 15) is 4.79 Å². The molecule has 0 unspecified atom stereocenters. The average molecular weight is 390 g/mol. The molecule has 0 radical (unpaired) electrons. The molecule has 0 saturated heterocycles. The van der Waals surface area contributed by atoms with E-state index < -0.39 is 0 Å². The molecule has 0 saturated carbocycles. The number of anilines is 1. The summed E-state index contributed by atoms with van der Waals surface area (Å²) in [7, 11) is 3.18. The molecular formula is C20H18N6O3. The third-order valence-electron chi connectivity index (χ3n) is 4.31. The molecule has 4 aromatic rings. The Labute approximate surface area is 166 Å². The summed E-state index contributed by atoms with van der Waals surface area (Å²) in [5.74, 6) is 2.16. The molecule has 0 fully saturated rings. The molecule has 0 aliphatic heterocycles. The Morgan fingerprint density at radius 3 is 2.69 bits per heavy atom. The first kappa shape index (κ1) is 18.4. The minimum atomic E-state index is 0.344. The number of benzene rings is 1. The number of carbonyl (C=O) groups is 1. The predicted molar refractivity (Wildman–Crippen MR) is 106 cm³/mol. The number of rotatable bonds is 7. The second-order valence-corrected chi connectivity index (χ2v) is 6.08. The summed E-state index contributed by atoms with van der Waals surface area (Å²) >= 11 is 0. The van der Waals surface area contributed by atoms with Crippen molar-refractivity contribution in [3.05, 3.63) is 59.9 Å². The molecule has 0 atom stereocenters. The fraction of sp³-hybridized carbons (Fsp3) is 0.150. The minimum absolute atomic E-state index is 0.344. The molecule has 0 aliphatic rings. The fourth-order valence-electron chi connectivity index (χ4n) is 2.87. The van der Waals surface area contributed by atoms with Crippen molar-refractivity contribution in [3.8, 4) is 23.0 Å². The third kappa shape index (κ3) is 3.57. The highest BCUT2D eigenvalue weighted by Gasteiger charge is 2.15. The number of methoxy groups -OCH3 is 2. The number of carbonyl (C=O) groups excluding carboxylic acids is 1. The summed E-state index contributed by atoms with van der Waals surface area (Å²) in [4.78, 5) is 24.4. The van der Waals surface area contributed by atoms with E-state index in [4.69, 9.17) is 9.47 Å². The van der Waals surface area contributed by atoms with Crippen molar-refractivity contribution in [1.82, 2.24) is 24.6 Å². The van der Waals surface area contributed by atoms with Crippen LogP contribution in [-0.4, -0.2) is 45.1 Å². The molecule has 0 amide bonds. The summed E-state index contributed by atoms with van der Waals surface area (Å²) < 4.78 is 12.1. The van der Waals surface area contributed by atoms with E-state index in [0.717, 1.165) is 5.56 Å². The van der Waals surface area contributed by atoms with Gasteiger partial charge in [0.05, 0.1) is 19.8 Å². The SMILES string of the molecule is COc1ccc(CNc2ncc(C=O)c3nc(-c4ccccn4)nn23)cc1OC. The normalized spacial score (nSPS) is 10.7. The lowest BCUT2D eigenvalue weighted by Gasteiger charge is -2.11. The summed E-state index contributed by atoms with van der Waals surface area (Å²) in [6.45, 7) is 0.460. The third-order valence-corrected chi connectivity index (χ3v) is 4.31. The Hall–Kier alpha value is -4.01. The number of pyridine rings is 1. The zero-order chi connectivity index (χ0) is 20.2. The first-order valence-corrected chi connectivity index (χ1v) is 8.80. The van der Waals surface area contributed by atoms with Gasteiger partial charge in [-0.1, -0.05) is 12.1 Å². The van der Waals surface area contributed by atoms with Gasteiger partial charge in [0.15, 0.2) is 23.4 Å². The topological polar surface area (TPSA) is 104 Å².